The first-order valence-electron chi connectivity index (χ1n) is 7.01. The van der Waals surface area contributed by atoms with Gasteiger partial charge in [0, 0.05) is 30.4 Å². The molecule has 0 radical (unpaired) electrons. The minimum atomic E-state index is -0.380. The van der Waals surface area contributed by atoms with Gasteiger partial charge in [-0.3, -0.25) is 14.6 Å². The average Bonchev–Trinajstić information content (AvgIpc) is 2.48. The predicted octanol–water partition coefficient (Wildman–Crippen LogP) is 2.54. The lowest BCUT2D eigenvalue weighted by Crippen LogP contribution is -2.35. The molecule has 114 valence electrons. The van der Waals surface area contributed by atoms with Crippen LogP contribution in [0.3, 0.4) is 0 Å². The van der Waals surface area contributed by atoms with Gasteiger partial charge in [0.2, 0.25) is 5.91 Å². The molecule has 5 heteroatoms. The maximum Gasteiger partial charge on any atom is 0.224 e. The highest BCUT2D eigenvalue weighted by Gasteiger charge is 2.14. The number of benzene rings is 1. The van der Waals surface area contributed by atoms with Gasteiger partial charge in [0.05, 0.1) is 6.42 Å². The fraction of sp³-hybridized carbons (Fsp3) is 0.235. The summed E-state index contributed by atoms with van der Waals surface area (Å²) in [5, 5.41) is 2.78. The summed E-state index contributed by atoms with van der Waals surface area (Å²) < 4.78 is 12.8. The number of halogens is 1. The van der Waals surface area contributed by atoms with Gasteiger partial charge in [-0.05, 0) is 42.8 Å². The third-order valence-corrected chi connectivity index (χ3v) is 3.15. The minimum Gasteiger partial charge on any atom is -0.353 e. The fourth-order valence-corrected chi connectivity index (χ4v) is 2.10. The van der Waals surface area contributed by atoms with E-state index in [0.717, 1.165) is 5.56 Å². The normalized spacial score (nSPS) is 11.7. The monoisotopic (exact) mass is 300 g/mol. The summed E-state index contributed by atoms with van der Waals surface area (Å²) in [6.45, 7) is 1.77. The van der Waals surface area contributed by atoms with Gasteiger partial charge in [-0.15, -0.1) is 0 Å². The summed E-state index contributed by atoms with van der Waals surface area (Å²) in [5.74, 6) is -0.670. The number of rotatable bonds is 6. The van der Waals surface area contributed by atoms with Gasteiger partial charge >= 0.3 is 0 Å². The molecule has 2 rings (SSSR count). The highest BCUT2D eigenvalue weighted by Crippen LogP contribution is 2.08. The number of hydrogen-bond acceptors (Lipinski definition) is 3. The maximum absolute atomic E-state index is 12.8. The summed E-state index contributed by atoms with van der Waals surface area (Å²) in [7, 11) is 0. The number of carbonyl (C=O) groups is 2. The second-order valence-corrected chi connectivity index (χ2v) is 5.14. The molecule has 2 aromatic rings. The van der Waals surface area contributed by atoms with E-state index in [2.05, 4.69) is 10.3 Å². The van der Waals surface area contributed by atoms with E-state index in [0.29, 0.717) is 5.56 Å². The van der Waals surface area contributed by atoms with Crippen molar-refractivity contribution in [1.29, 1.82) is 0 Å². The van der Waals surface area contributed by atoms with Crippen molar-refractivity contribution in [3.63, 3.8) is 0 Å². The first-order valence-corrected chi connectivity index (χ1v) is 7.01. The smallest absolute Gasteiger partial charge is 0.224 e. The second kappa shape index (κ2) is 7.45. The molecule has 0 aliphatic rings. The molecule has 1 heterocycles. The van der Waals surface area contributed by atoms with Gasteiger partial charge in [-0.1, -0.05) is 6.07 Å². The third-order valence-electron chi connectivity index (χ3n) is 3.15. The van der Waals surface area contributed by atoms with Crippen LogP contribution in [0.2, 0.25) is 0 Å². The Labute approximate surface area is 128 Å². The molecule has 1 N–H and O–H groups in total. The second-order valence-electron chi connectivity index (χ2n) is 5.14. The van der Waals surface area contributed by atoms with E-state index in [9.17, 15) is 14.0 Å². The van der Waals surface area contributed by atoms with E-state index in [4.69, 9.17) is 0 Å². The molecule has 0 spiro atoms. The van der Waals surface area contributed by atoms with E-state index in [1.165, 1.54) is 24.3 Å². The molecule has 1 atom stereocenters. The minimum absolute atomic E-state index is 0.130. The molecular formula is C17H17FN2O2. The standard InChI is InChI=1S/C17H17FN2O2/c1-12(9-16(21)14-4-6-15(18)7-5-14)20-17(22)10-13-3-2-8-19-11-13/h2-8,11-12H,9-10H2,1H3,(H,20,22). The topological polar surface area (TPSA) is 59.1 Å². The Kier molecular flexibility index (Phi) is 5.36. The number of Topliss-reactive ketones (excluding diaryl/α,β-unsaturated/α-hetero) is 1. The first kappa shape index (κ1) is 15.8. The van der Waals surface area contributed by atoms with Crippen LogP contribution in [0.25, 0.3) is 0 Å². The zero-order chi connectivity index (χ0) is 15.9. The van der Waals surface area contributed by atoms with E-state index in [1.54, 1.807) is 25.4 Å². The van der Waals surface area contributed by atoms with Crippen LogP contribution in [-0.4, -0.2) is 22.7 Å². The van der Waals surface area contributed by atoms with Crippen LogP contribution in [0.1, 0.15) is 29.3 Å². The van der Waals surface area contributed by atoms with Crippen molar-refractivity contribution in [1.82, 2.24) is 10.3 Å². The summed E-state index contributed by atoms with van der Waals surface area (Å²) in [5.41, 5.74) is 1.26. The Morgan fingerprint density at radius 2 is 1.95 bits per heavy atom. The number of pyridine rings is 1. The van der Waals surface area contributed by atoms with Gasteiger partial charge in [0.25, 0.3) is 0 Å². The molecule has 0 saturated heterocycles. The third kappa shape index (κ3) is 4.77. The van der Waals surface area contributed by atoms with Crippen molar-refractivity contribution in [2.45, 2.75) is 25.8 Å². The number of nitrogens with zero attached hydrogens (tertiary/aromatic N) is 1. The number of carbonyl (C=O) groups excluding carboxylic acids is 2. The van der Waals surface area contributed by atoms with Gasteiger partial charge in [0.1, 0.15) is 5.82 Å². The molecule has 22 heavy (non-hydrogen) atoms. The molecule has 0 bridgehead atoms. The summed E-state index contributed by atoms with van der Waals surface area (Å²) in [6.07, 6.45) is 3.67. The maximum atomic E-state index is 12.8. The van der Waals surface area contributed by atoms with E-state index in [1.807, 2.05) is 6.07 Å². The fourth-order valence-electron chi connectivity index (χ4n) is 2.10. The molecule has 1 unspecified atom stereocenters. The lowest BCUT2D eigenvalue weighted by atomic mass is 10.0. The van der Waals surface area contributed by atoms with E-state index in [-0.39, 0.29) is 36.4 Å². The first-order chi connectivity index (χ1) is 10.5. The van der Waals surface area contributed by atoms with Crippen molar-refractivity contribution < 1.29 is 14.0 Å². The molecule has 4 nitrogen and oxygen atoms in total. The van der Waals surface area contributed by atoms with Gasteiger partial charge in [-0.2, -0.15) is 0 Å². The van der Waals surface area contributed by atoms with E-state index >= 15 is 0 Å². The van der Waals surface area contributed by atoms with Crippen LogP contribution in [0, 0.1) is 5.82 Å². The molecule has 1 amide bonds. The quantitative estimate of drug-likeness (QED) is 0.834. The van der Waals surface area contributed by atoms with Crippen LogP contribution in [0.15, 0.2) is 48.8 Å². The highest BCUT2D eigenvalue weighted by molar-refractivity contribution is 5.96. The largest absolute Gasteiger partial charge is 0.353 e. The number of aromatic nitrogens is 1. The zero-order valence-electron chi connectivity index (χ0n) is 12.3. The summed E-state index contributed by atoms with van der Waals surface area (Å²) in [6, 6.07) is 8.69. The number of ketones is 1. The molecule has 1 aromatic heterocycles. The van der Waals surface area contributed by atoms with Crippen molar-refractivity contribution in [2.24, 2.45) is 0 Å². The highest BCUT2D eigenvalue weighted by atomic mass is 19.1. The molecule has 0 saturated carbocycles. The predicted molar refractivity (Wildman–Crippen MR) is 80.9 cm³/mol. The van der Waals surface area contributed by atoms with Crippen LogP contribution < -0.4 is 5.32 Å². The van der Waals surface area contributed by atoms with Crippen LogP contribution in [0.4, 0.5) is 4.39 Å². The Morgan fingerprint density at radius 1 is 1.23 bits per heavy atom. The number of hydrogen-bond donors (Lipinski definition) is 1. The van der Waals surface area contributed by atoms with Gasteiger partial charge in [0.15, 0.2) is 5.78 Å². The van der Waals surface area contributed by atoms with Gasteiger partial charge < -0.3 is 5.32 Å². The van der Waals surface area contributed by atoms with Crippen LogP contribution in [-0.2, 0) is 11.2 Å². The zero-order valence-corrected chi connectivity index (χ0v) is 12.3. The lowest BCUT2D eigenvalue weighted by Gasteiger charge is -2.13. The SMILES string of the molecule is CC(CC(=O)c1ccc(F)cc1)NC(=O)Cc1cccnc1. The molecule has 0 aliphatic heterocycles. The van der Waals surface area contributed by atoms with Crippen molar-refractivity contribution >= 4 is 11.7 Å². The van der Waals surface area contributed by atoms with Crippen molar-refractivity contribution in [3.05, 3.63) is 65.7 Å². The summed E-state index contributed by atoms with van der Waals surface area (Å²) in [4.78, 5) is 27.9. The van der Waals surface area contributed by atoms with Crippen molar-refractivity contribution in [2.75, 3.05) is 0 Å². The number of amides is 1. The Bertz CT molecular complexity index is 641. The Balaban J connectivity index is 1.84. The van der Waals surface area contributed by atoms with E-state index < -0.39 is 0 Å². The molecule has 1 aromatic carbocycles. The molecule has 0 fully saturated rings. The van der Waals surface area contributed by atoms with Crippen LogP contribution in [0.5, 0.6) is 0 Å². The Morgan fingerprint density at radius 3 is 2.59 bits per heavy atom. The number of nitrogens with one attached hydrogen (secondary N) is 1. The Hall–Kier alpha value is -2.56. The van der Waals surface area contributed by atoms with Crippen molar-refractivity contribution in [3.8, 4) is 0 Å². The molecular weight excluding hydrogens is 283 g/mol. The van der Waals surface area contributed by atoms with Crippen LogP contribution >= 0.6 is 0 Å². The van der Waals surface area contributed by atoms with Gasteiger partial charge in [-0.25, -0.2) is 4.39 Å². The average molecular weight is 300 g/mol. The summed E-state index contributed by atoms with van der Waals surface area (Å²) >= 11 is 0. The molecule has 0 aliphatic carbocycles. The lowest BCUT2D eigenvalue weighted by molar-refractivity contribution is -0.121.